The fraction of sp³-hybridized carbons (Fsp3) is 0.579. The highest BCUT2D eigenvalue weighted by atomic mass is 16.4. The second kappa shape index (κ2) is 6.23. The molecule has 1 aliphatic carbocycles. The van der Waals surface area contributed by atoms with Crippen LogP contribution in [0.2, 0.25) is 0 Å². The second-order valence-corrected chi connectivity index (χ2v) is 6.59. The lowest BCUT2D eigenvalue weighted by atomic mass is 9.68. The molecular weight excluding hydrogens is 274 g/mol. The van der Waals surface area contributed by atoms with Crippen LogP contribution in [0.4, 0.5) is 0 Å². The number of rotatable bonds is 4. The summed E-state index contributed by atoms with van der Waals surface area (Å²) in [6.07, 6.45) is 5.35. The molecule has 1 aliphatic heterocycles. The summed E-state index contributed by atoms with van der Waals surface area (Å²) >= 11 is 0. The van der Waals surface area contributed by atoms with Crippen LogP contribution in [0.25, 0.3) is 0 Å². The number of aliphatic carboxylic acids is 1. The molecule has 0 saturated heterocycles. The lowest BCUT2D eigenvalue weighted by Crippen LogP contribution is -2.37. The van der Waals surface area contributed by atoms with Crippen LogP contribution >= 0.6 is 0 Å². The Morgan fingerprint density at radius 1 is 1.32 bits per heavy atom. The quantitative estimate of drug-likeness (QED) is 0.903. The summed E-state index contributed by atoms with van der Waals surface area (Å²) in [5.41, 5.74) is 3.23. The molecule has 118 valence electrons. The number of benzene rings is 1. The average molecular weight is 299 g/mol. The molecule has 1 saturated carbocycles. The molecule has 0 bridgehead atoms. The third-order valence-corrected chi connectivity index (χ3v) is 5.46. The first-order valence-corrected chi connectivity index (χ1v) is 8.57. The largest absolute Gasteiger partial charge is 0.481 e. The minimum absolute atomic E-state index is 0.275. The Morgan fingerprint density at radius 2 is 2.09 bits per heavy atom. The zero-order chi connectivity index (χ0) is 15.7. The molecule has 1 fully saturated rings. The van der Waals surface area contributed by atoms with Gasteiger partial charge in [-0.3, -0.25) is 9.79 Å². The van der Waals surface area contributed by atoms with E-state index < -0.39 is 11.9 Å². The van der Waals surface area contributed by atoms with Gasteiger partial charge in [0.05, 0.1) is 17.7 Å². The summed E-state index contributed by atoms with van der Waals surface area (Å²) < 4.78 is 0. The van der Waals surface area contributed by atoms with Gasteiger partial charge in [-0.15, -0.1) is 0 Å². The lowest BCUT2D eigenvalue weighted by molar-refractivity contribution is -0.139. The molecule has 3 heteroatoms. The Balaban J connectivity index is 2.10. The smallest absolute Gasteiger partial charge is 0.312 e. The van der Waals surface area contributed by atoms with E-state index in [1.54, 1.807) is 0 Å². The number of nitrogens with zero attached hydrogens (tertiary/aromatic N) is 1. The van der Waals surface area contributed by atoms with Gasteiger partial charge in [-0.25, -0.2) is 0 Å². The first-order valence-electron chi connectivity index (χ1n) is 8.57. The summed E-state index contributed by atoms with van der Waals surface area (Å²) in [6.45, 7) is 4.20. The molecule has 1 aromatic rings. The molecule has 2 aliphatic rings. The van der Waals surface area contributed by atoms with Crippen molar-refractivity contribution in [2.24, 2.45) is 16.8 Å². The van der Waals surface area contributed by atoms with Crippen molar-refractivity contribution in [3.05, 3.63) is 35.4 Å². The van der Waals surface area contributed by atoms with E-state index >= 15 is 0 Å². The minimum atomic E-state index is -0.752. The van der Waals surface area contributed by atoms with Gasteiger partial charge in [-0.05, 0) is 36.3 Å². The molecular formula is C19H25NO2. The summed E-state index contributed by atoms with van der Waals surface area (Å²) in [6, 6.07) is 8.63. The van der Waals surface area contributed by atoms with Crippen LogP contribution in [-0.2, 0) is 4.79 Å². The molecule has 22 heavy (non-hydrogen) atoms. The number of carbonyl (C=O) groups is 1. The van der Waals surface area contributed by atoms with Gasteiger partial charge in [0.15, 0.2) is 0 Å². The van der Waals surface area contributed by atoms with Gasteiger partial charge >= 0.3 is 5.97 Å². The van der Waals surface area contributed by atoms with Crippen molar-refractivity contribution < 1.29 is 9.90 Å². The molecule has 0 radical (unpaired) electrons. The number of aliphatic imine (C=N–C) groups is 1. The normalized spacial score (nSPS) is 28.3. The SMILES string of the molecule is CCC(C(=O)O)C1=NC2CCCC(CC)C2c2ccccc21. The minimum Gasteiger partial charge on any atom is -0.481 e. The Kier molecular flexibility index (Phi) is 4.32. The first-order chi connectivity index (χ1) is 10.7. The molecule has 3 nitrogen and oxygen atoms in total. The first kappa shape index (κ1) is 15.3. The van der Waals surface area contributed by atoms with Crippen molar-refractivity contribution in [3.8, 4) is 0 Å². The van der Waals surface area contributed by atoms with Crippen molar-refractivity contribution in [2.75, 3.05) is 0 Å². The topological polar surface area (TPSA) is 49.7 Å². The third-order valence-electron chi connectivity index (χ3n) is 5.46. The Morgan fingerprint density at radius 3 is 2.77 bits per heavy atom. The number of carboxylic acid groups (broad SMARTS) is 1. The van der Waals surface area contributed by atoms with Gasteiger partial charge in [0.2, 0.25) is 0 Å². The zero-order valence-corrected chi connectivity index (χ0v) is 13.5. The zero-order valence-electron chi connectivity index (χ0n) is 13.5. The van der Waals surface area contributed by atoms with E-state index in [1.165, 1.54) is 24.8 Å². The Bertz CT molecular complexity index is 593. The number of fused-ring (bicyclic) bond motifs is 3. The van der Waals surface area contributed by atoms with Crippen molar-refractivity contribution in [2.45, 2.75) is 57.9 Å². The van der Waals surface area contributed by atoms with E-state index in [-0.39, 0.29) is 6.04 Å². The molecule has 0 amide bonds. The molecule has 4 unspecified atom stereocenters. The molecule has 1 N–H and O–H groups in total. The Labute approximate surface area is 132 Å². The summed E-state index contributed by atoms with van der Waals surface area (Å²) in [4.78, 5) is 16.6. The molecule has 0 aromatic heterocycles. The highest BCUT2D eigenvalue weighted by molar-refractivity contribution is 6.13. The monoisotopic (exact) mass is 299 g/mol. The second-order valence-electron chi connectivity index (χ2n) is 6.59. The van der Waals surface area contributed by atoms with Crippen LogP contribution < -0.4 is 0 Å². The summed E-state index contributed by atoms with van der Waals surface area (Å²) in [7, 11) is 0. The molecule has 1 aromatic carbocycles. The van der Waals surface area contributed by atoms with Gasteiger partial charge in [0.25, 0.3) is 0 Å². The van der Waals surface area contributed by atoms with E-state index in [0.29, 0.717) is 18.3 Å². The number of hydrogen-bond acceptors (Lipinski definition) is 2. The highest BCUT2D eigenvalue weighted by Crippen LogP contribution is 2.45. The highest BCUT2D eigenvalue weighted by Gasteiger charge is 2.40. The Hall–Kier alpha value is -1.64. The van der Waals surface area contributed by atoms with E-state index in [9.17, 15) is 9.90 Å². The van der Waals surface area contributed by atoms with Gasteiger partial charge in [-0.1, -0.05) is 51.0 Å². The van der Waals surface area contributed by atoms with Crippen molar-refractivity contribution in [1.29, 1.82) is 0 Å². The maximum Gasteiger partial charge on any atom is 0.312 e. The standard InChI is InChI=1S/C19H25NO2/c1-3-12-8-7-11-16-17(12)14-9-5-6-10-15(14)18(20-16)13(4-2)19(21)22/h5-6,9-10,12-13,16-17H,3-4,7-8,11H2,1-2H3,(H,21,22). The molecule has 0 spiro atoms. The van der Waals surface area contributed by atoms with Crippen LogP contribution in [0.1, 0.15) is 63.0 Å². The van der Waals surface area contributed by atoms with Crippen LogP contribution in [0.3, 0.4) is 0 Å². The van der Waals surface area contributed by atoms with E-state index in [1.807, 2.05) is 13.0 Å². The number of hydrogen-bond donors (Lipinski definition) is 1. The van der Waals surface area contributed by atoms with E-state index in [4.69, 9.17) is 4.99 Å². The van der Waals surface area contributed by atoms with Crippen LogP contribution in [0.15, 0.2) is 29.3 Å². The molecule has 1 heterocycles. The predicted molar refractivity (Wildman–Crippen MR) is 88.6 cm³/mol. The van der Waals surface area contributed by atoms with E-state index in [0.717, 1.165) is 17.7 Å². The van der Waals surface area contributed by atoms with Crippen LogP contribution in [-0.4, -0.2) is 22.8 Å². The summed E-state index contributed by atoms with van der Waals surface area (Å²) in [5, 5.41) is 9.56. The van der Waals surface area contributed by atoms with Crippen molar-refractivity contribution in [1.82, 2.24) is 0 Å². The maximum atomic E-state index is 11.6. The van der Waals surface area contributed by atoms with Gasteiger partial charge in [0.1, 0.15) is 0 Å². The summed E-state index contributed by atoms with van der Waals surface area (Å²) in [5.74, 6) is -0.0819. The average Bonchev–Trinajstić information content (AvgIpc) is 2.54. The number of carboxylic acids is 1. The van der Waals surface area contributed by atoms with E-state index in [2.05, 4.69) is 25.1 Å². The van der Waals surface area contributed by atoms with Crippen LogP contribution in [0.5, 0.6) is 0 Å². The fourth-order valence-electron chi connectivity index (χ4n) is 4.36. The lowest BCUT2D eigenvalue weighted by Gasteiger charge is -2.41. The van der Waals surface area contributed by atoms with Crippen LogP contribution in [0, 0.1) is 11.8 Å². The maximum absolute atomic E-state index is 11.6. The molecule has 3 rings (SSSR count). The third kappa shape index (κ3) is 2.47. The molecule has 4 atom stereocenters. The predicted octanol–water partition coefficient (Wildman–Crippen LogP) is 4.26. The van der Waals surface area contributed by atoms with Crippen molar-refractivity contribution >= 4 is 11.7 Å². The van der Waals surface area contributed by atoms with Gasteiger partial charge in [-0.2, -0.15) is 0 Å². The fourth-order valence-corrected chi connectivity index (χ4v) is 4.36. The van der Waals surface area contributed by atoms with Gasteiger partial charge < -0.3 is 5.11 Å². The van der Waals surface area contributed by atoms with Gasteiger partial charge in [0, 0.05) is 5.92 Å². The van der Waals surface area contributed by atoms with Crippen molar-refractivity contribution in [3.63, 3.8) is 0 Å².